The Morgan fingerprint density at radius 2 is 1.86 bits per heavy atom. The zero-order valence-electron chi connectivity index (χ0n) is 17.2. The Hall–Kier alpha value is -1.70. The van der Waals surface area contributed by atoms with Crippen LogP contribution in [0, 0.1) is 6.92 Å². The zero-order valence-corrected chi connectivity index (χ0v) is 18.8. The van der Waals surface area contributed by atoms with Crippen molar-refractivity contribution in [3.8, 4) is 0 Å². The van der Waals surface area contributed by atoms with Crippen molar-refractivity contribution >= 4 is 34.0 Å². The van der Waals surface area contributed by atoms with E-state index in [9.17, 15) is 4.79 Å². The number of hydrogen-bond donors (Lipinski definition) is 0. The van der Waals surface area contributed by atoms with E-state index in [1.807, 2.05) is 35.8 Å². The molecule has 0 atom stereocenters. The molecule has 2 aromatic heterocycles. The van der Waals surface area contributed by atoms with Crippen molar-refractivity contribution in [2.45, 2.75) is 64.2 Å². The van der Waals surface area contributed by atoms with Crippen LogP contribution in [0.3, 0.4) is 0 Å². The van der Waals surface area contributed by atoms with Crippen molar-refractivity contribution in [1.29, 1.82) is 0 Å². The van der Waals surface area contributed by atoms with Crippen LogP contribution in [0.2, 0.25) is 0 Å². The number of hydrogen-bond acceptors (Lipinski definition) is 6. The third-order valence-electron chi connectivity index (χ3n) is 4.75. The summed E-state index contributed by atoms with van der Waals surface area (Å²) in [6.45, 7) is 12.2. The molecule has 3 rings (SSSR count). The maximum atomic E-state index is 13.2. The van der Waals surface area contributed by atoms with E-state index in [0.717, 1.165) is 27.9 Å². The van der Waals surface area contributed by atoms with Crippen LogP contribution < -0.4 is 5.56 Å². The summed E-state index contributed by atoms with van der Waals surface area (Å²) in [4.78, 5) is 24.9. The number of nitrogens with zero attached hydrogens (tertiary/aromatic N) is 4. The van der Waals surface area contributed by atoms with Crippen molar-refractivity contribution in [2.75, 3.05) is 6.54 Å². The Labute approximate surface area is 174 Å². The van der Waals surface area contributed by atoms with Gasteiger partial charge < -0.3 is 0 Å². The van der Waals surface area contributed by atoms with E-state index in [4.69, 9.17) is 4.98 Å². The molecule has 3 aromatic rings. The highest BCUT2D eigenvalue weighted by Crippen LogP contribution is 2.23. The number of thiazole rings is 1. The molecule has 0 saturated heterocycles. The number of para-hydroxylation sites is 1. The molecule has 0 unspecified atom stereocenters. The molecule has 150 valence electrons. The molecule has 0 spiro atoms. The van der Waals surface area contributed by atoms with Gasteiger partial charge in [-0.05, 0) is 46.8 Å². The molecule has 1 aromatic carbocycles. The number of thioether (sulfide) groups is 1. The molecule has 0 aliphatic heterocycles. The number of aromatic nitrogens is 3. The molecule has 28 heavy (non-hydrogen) atoms. The lowest BCUT2D eigenvalue weighted by molar-refractivity contribution is 0.166. The Morgan fingerprint density at radius 3 is 2.50 bits per heavy atom. The van der Waals surface area contributed by atoms with Gasteiger partial charge in [-0.1, -0.05) is 23.9 Å². The first-order valence-electron chi connectivity index (χ1n) is 9.66. The number of rotatable bonds is 8. The zero-order chi connectivity index (χ0) is 20.3. The van der Waals surface area contributed by atoms with E-state index >= 15 is 0 Å². The molecule has 0 aliphatic rings. The molecular formula is C21H28N4OS2. The minimum atomic E-state index is 0.0371. The van der Waals surface area contributed by atoms with Crippen LogP contribution in [0.4, 0.5) is 0 Å². The van der Waals surface area contributed by atoms with Gasteiger partial charge in [0.05, 0.1) is 21.6 Å². The highest BCUT2D eigenvalue weighted by Gasteiger charge is 2.17. The van der Waals surface area contributed by atoms with Gasteiger partial charge in [0.2, 0.25) is 0 Å². The maximum absolute atomic E-state index is 13.2. The second-order valence-corrected chi connectivity index (χ2v) is 9.44. The predicted molar refractivity (Wildman–Crippen MR) is 119 cm³/mol. The highest BCUT2D eigenvalue weighted by atomic mass is 32.2. The van der Waals surface area contributed by atoms with Crippen LogP contribution >= 0.6 is 23.1 Å². The molecule has 0 fully saturated rings. The average Bonchev–Trinajstić information content (AvgIpc) is 3.06. The largest absolute Gasteiger partial charge is 0.297 e. The fourth-order valence-electron chi connectivity index (χ4n) is 3.40. The number of fused-ring (bicyclic) bond motifs is 1. The molecule has 0 radical (unpaired) electrons. The molecular weight excluding hydrogens is 388 g/mol. The van der Waals surface area contributed by atoms with Crippen LogP contribution in [0.15, 0.2) is 39.6 Å². The molecule has 7 heteroatoms. The van der Waals surface area contributed by atoms with Gasteiger partial charge in [-0.25, -0.2) is 9.97 Å². The van der Waals surface area contributed by atoms with Crippen molar-refractivity contribution in [3.05, 3.63) is 50.7 Å². The molecule has 0 bridgehead atoms. The first-order chi connectivity index (χ1) is 13.4. The topological polar surface area (TPSA) is 51.0 Å². The molecule has 0 amide bonds. The molecule has 2 heterocycles. The van der Waals surface area contributed by atoms with E-state index in [-0.39, 0.29) is 5.56 Å². The summed E-state index contributed by atoms with van der Waals surface area (Å²) in [7, 11) is 0. The highest BCUT2D eigenvalue weighted by molar-refractivity contribution is 7.98. The van der Waals surface area contributed by atoms with Gasteiger partial charge in [0.15, 0.2) is 5.16 Å². The van der Waals surface area contributed by atoms with Gasteiger partial charge in [-0.15, -0.1) is 11.3 Å². The van der Waals surface area contributed by atoms with Crippen LogP contribution in [0.5, 0.6) is 0 Å². The third kappa shape index (κ3) is 4.82. The number of aryl methyl sites for hydroxylation is 1. The van der Waals surface area contributed by atoms with Gasteiger partial charge in [0.25, 0.3) is 5.56 Å². The summed E-state index contributed by atoms with van der Waals surface area (Å²) < 4.78 is 1.84. The summed E-state index contributed by atoms with van der Waals surface area (Å²) in [5.41, 5.74) is 1.83. The average molecular weight is 417 g/mol. The smallest absolute Gasteiger partial charge is 0.262 e. The van der Waals surface area contributed by atoms with Crippen LogP contribution in [0.1, 0.15) is 38.4 Å². The van der Waals surface area contributed by atoms with E-state index in [2.05, 4.69) is 43.0 Å². The Balaban J connectivity index is 1.93. The summed E-state index contributed by atoms with van der Waals surface area (Å²) in [6, 6.07) is 8.46. The van der Waals surface area contributed by atoms with Crippen molar-refractivity contribution < 1.29 is 0 Å². The first kappa shape index (κ1) is 21.0. The van der Waals surface area contributed by atoms with Gasteiger partial charge >= 0.3 is 0 Å². The summed E-state index contributed by atoms with van der Waals surface area (Å²) >= 11 is 3.24. The minimum absolute atomic E-state index is 0.0371. The SMILES string of the molecule is Cc1nc(CSc2nc3ccccc3c(=O)n2CCN(C(C)C)C(C)C)cs1. The normalized spacial score (nSPS) is 12.0. The molecule has 0 aliphatic carbocycles. The molecule has 0 N–H and O–H groups in total. The minimum Gasteiger partial charge on any atom is -0.297 e. The second-order valence-electron chi connectivity index (χ2n) is 7.44. The Bertz CT molecular complexity index is 985. The third-order valence-corrected chi connectivity index (χ3v) is 6.58. The molecule has 0 saturated carbocycles. The van der Waals surface area contributed by atoms with Crippen LogP contribution in [0.25, 0.3) is 10.9 Å². The van der Waals surface area contributed by atoms with Gasteiger partial charge in [-0.2, -0.15) is 0 Å². The Morgan fingerprint density at radius 1 is 1.14 bits per heavy atom. The fraction of sp³-hybridized carbons (Fsp3) is 0.476. The summed E-state index contributed by atoms with van der Waals surface area (Å²) in [6.07, 6.45) is 0. The van der Waals surface area contributed by atoms with Gasteiger partial charge in [0.1, 0.15) is 0 Å². The summed E-state index contributed by atoms with van der Waals surface area (Å²) in [5.74, 6) is 0.715. The number of benzene rings is 1. The van der Waals surface area contributed by atoms with E-state index in [1.54, 1.807) is 23.1 Å². The monoisotopic (exact) mass is 416 g/mol. The van der Waals surface area contributed by atoms with E-state index in [0.29, 0.717) is 29.8 Å². The predicted octanol–water partition coefficient (Wildman–Crippen LogP) is 4.57. The lowest BCUT2D eigenvalue weighted by Gasteiger charge is -2.30. The second kappa shape index (κ2) is 9.20. The standard InChI is InChI=1S/C21H28N4OS2/c1-14(2)24(15(3)4)10-11-25-20(26)18-8-6-7-9-19(18)23-21(25)28-13-17-12-27-16(5)22-17/h6-9,12,14-15H,10-11,13H2,1-5H3. The lowest BCUT2D eigenvalue weighted by atomic mass is 10.2. The summed E-state index contributed by atoms with van der Waals surface area (Å²) in [5, 5.41) is 4.58. The van der Waals surface area contributed by atoms with Crippen LogP contribution in [-0.2, 0) is 12.3 Å². The Kier molecular flexibility index (Phi) is 6.91. The quantitative estimate of drug-likeness (QED) is 0.398. The van der Waals surface area contributed by atoms with Crippen molar-refractivity contribution in [2.24, 2.45) is 0 Å². The first-order valence-corrected chi connectivity index (χ1v) is 11.5. The van der Waals surface area contributed by atoms with Gasteiger partial charge in [-0.3, -0.25) is 14.3 Å². The van der Waals surface area contributed by atoms with Gasteiger partial charge in [0, 0.05) is 36.3 Å². The van der Waals surface area contributed by atoms with Crippen molar-refractivity contribution in [1.82, 2.24) is 19.4 Å². The van der Waals surface area contributed by atoms with E-state index < -0.39 is 0 Å². The van der Waals surface area contributed by atoms with Crippen molar-refractivity contribution in [3.63, 3.8) is 0 Å². The van der Waals surface area contributed by atoms with Crippen LogP contribution in [-0.4, -0.2) is 38.1 Å². The van der Waals surface area contributed by atoms with E-state index in [1.165, 1.54) is 0 Å². The lowest BCUT2D eigenvalue weighted by Crippen LogP contribution is -2.40. The molecule has 5 nitrogen and oxygen atoms in total. The maximum Gasteiger partial charge on any atom is 0.262 e. The fourth-order valence-corrected chi connectivity index (χ4v) is 5.03.